The largest absolute Gasteiger partial charge is 0.484 e. The molecule has 0 saturated heterocycles. The molecule has 0 heterocycles. The van der Waals surface area contributed by atoms with Gasteiger partial charge in [-0.15, -0.1) is 0 Å². The second kappa shape index (κ2) is 11.9. The summed E-state index contributed by atoms with van der Waals surface area (Å²) in [7, 11) is 0. The summed E-state index contributed by atoms with van der Waals surface area (Å²) in [5.74, 6) is -1.07. The molecule has 2 rings (SSSR count). The van der Waals surface area contributed by atoms with Crippen LogP contribution >= 0.6 is 0 Å². The molecule has 0 aliphatic rings. The highest BCUT2D eigenvalue weighted by Crippen LogP contribution is 2.25. The number of aromatic carboxylic acids is 1. The molecule has 0 bridgehead atoms. The molecule has 2 aromatic rings. The summed E-state index contributed by atoms with van der Waals surface area (Å²) in [4.78, 5) is 24.6. The first-order chi connectivity index (χ1) is 14.8. The number of halogens is 1. The molecule has 0 saturated carbocycles. The van der Waals surface area contributed by atoms with Gasteiger partial charge in [0, 0.05) is 19.6 Å². The van der Waals surface area contributed by atoms with Gasteiger partial charge in [-0.3, -0.25) is 9.69 Å². The van der Waals surface area contributed by atoms with Crippen LogP contribution < -0.4 is 10.1 Å². The van der Waals surface area contributed by atoms with Gasteiger partial charge in [-0.1, -0.05) is 25.6 Å². The molecule has 1 amide bonds. The number of benzene rings is 2. The second-order valence-corrected chi connectivity index (χ2v) is 7.24. The Labute approximate surface area is 182 Å². The third kappa shape index (κ3) is 7.53. The Hall–Kier alpha value is -3.19. The number of hydrogen-bond donors (Lipinski definition) is 2. The number of carboxylic acid groups (broad SMARTS) is 1. The zero-order chi connectivity index (χ0) is 22.8. The number of carbonyl (C=O) groups excluding carboxylic acids is 1. The van der Waals surface area contributed by atoms with Gasteiger partial charge >= 0.3 is 5.97 Å². The number of nitrogens with zero attached hydrogens (tertiary/aromatic N) is 1. The van der Waals surface area contributed by atoms with E-state index in [1.165, 1.54) is 24.3 Å². The fraction of sp³-hybridized carbons (Fsp3) is 0.333. The Bertz CT molecular complexity index is 899. The SMILES string of the molecule is C=CC(=O)NCCN(CCC)CC(Oc1ccc(C(=O)O)cc1)c1ccc(C)c(F)c1. The van der Waals surface area contributed by atoms with Gasteiger partial charge < -0.3 is 15.2 Å². The summed E-state index contributed by atoms with van der Waals surface area (Å²) in [5, 5.41) is 11.8. The van der Waals surface area contributed by atoms with Crippen LogP contribution in [-0.4, -0.2) is 48.1 Å². The molecule has 1 atom stereocenters. The molecular formula is C24H29FN2O4. The van der Waals surface area contributed by atoms with Crippen molar-refractivity contribution in [3.8, 4) is 5.75 Å². The molecular weight excluding hydrogens is 399 g/mol. The van der Waals surface area contributed by atoms with Gasteiger partial charge in [0.05, 0.1) is 5.56 Å². The first-order valence-corrected chi connectivity index (χ1v) is 10.2. The van der Waals surface area contributed by atoms with Crippen LogP contribution in [-0.2, 0) is 4.79 Å². The Morgan fingerprint density at radius 1 is 1.23 bits per heavy atom. The summed E-state index contributed by atoms with van der Waals surface area (Å²) in [6, 6.07) is 11.1. The maximum atomic E-state index is 14.2. The van der Waals surface area contributed by atoms with Crippen LogP contribution in [0.15, 0.2) is 55.1 Å². The number of hydrogen-bond acceptors (Lipinski definition) is 4. The molecule has 0 spiro atoms. The van der Waals surface area contributed by atoms with Gasteiger partial charge in [0.15, 0.2) is 0 Å². The number of ether oxygens (including phenoxy) is 1. The van der Waals surface area contributed by atoms with Crippen molar-refractivity contribution in [1.82, 2.24) is 10.2 Å². The van der Waals surface area contributed by atoms with Crippen molar-refractivity contribution in [3.63, 3.8) is 0 Å². The molecule has 0 radical (unpaired) electrons. The van der Waals surface area contributed by atoms with Gasteiger partial charge in [-0.2, -0.15) is 0 Å². The number of rotatable bonds is 12. The summed E-state index contributed by atoms with van der Waals surface area (Å²) in [6.07, 6.45) is 1.65. The molecule has 1 unspecified atom stereocenters. The van der Waals surface area contributed by atoms with Crippen molar-refractivity contribution in [2.75, 3.05) is 26.2 Å². The lowest BCUT2D eigenvalue weighted by Crippen LogP contribution is -2.38. The van der Waals surface area contributed by atoms with Crippen molar-refractivity contribution in [2.24, 2.45) is 0 Å². The normalized spacial score (nSPS) is 11.7. The van der Waals surface area contributed by atoms with E-state index >= 15 is 0 Å². The Morgan fingerprint density at radius 2 is 1.94 bits per heavy atom. The van der Waals surface area contributed by atoms with Crippen LogP contribution in [0.2, 0.25) is 0 Å². The lowest BCUT2D eigenvalue weighted by Gasteiger charge is -2.28. The first kappa shape index (κ1) is 24.1. The van der Waals surface area contributed by atoms with Crippen molar-refractivity contribution >= 4 is 11.9 Å². The van der Waals surface area contributed by atoms with E-state index in [1.807, 2.05) is 6.07 Å². The van der Waals surface area contributed by atoms with Gasteiger partial charge in [-0.05, 0) is 67.4 Å². The number of carbonyl (C=O) groups is 2. The van der Waals surface area contributed by atoms with E-state index < -0.39 is 12.1 Å². The molecule has 166 valence electrons. The maximum Gasteiger partial charge on any atom is 0.335 e. The third-order valence-corrected chi connectivity index (χ3v) is 4.82. The van der Waals surface area contributed by atoms with Crippen molar-refractivity contribution in [1.29, 1.82) is 0 Å². The van der Waals surface area contributed by atoms with Crippen molar-refractivity contribution < 1.29 is 23.8 Å². The van der Waals surface area contributed by atoms with Crippen LogP contribution in [0.1, 0.15) is 40.9 Å². The average Bonchev–Trinajstić information content (AvgIpc) is 2.75. The minimum absolute atomic E-state index is 0.163. The number of carboxylic acids is 1. The van der Waals surface area contributed by atoms with Gasteiger partial charge in [0.2, 0.25) is 5.91 Å². The fourth-order valence-electron chi connectivity index (χ4n) is 3.11. The van der Waals surface area contributed by atoms with E-state index in [0.717, 1.165) is 13.0 Å². The standard InChI is InChI=1S/C24H29FN2O4/c1-4-13-27(14-12-26-23(28)5-2)16-22(19-7-6-17(3)21(25)15-19)31-20-10-8-18(9-11-20)24(29)30/h5-11,15,22H,2,4,12-14,16H2,1,3H3,(H,26,28)(H,29,30). The van der Waals surface area contributed by atoms with Crippen molar-refractivity contribution in [2.45, 2.75) is 26.4 Å². The van der Waals surface area contributed by atoms with E-state index in [-0.39, 0.29) is 17.3 Å². The molecule has 6 nitrogen and oxygen atoms in total. The zero-order valence-corrected chi connectivity index (χ0v) is 17.9. The zero-order valence-electron chi connectivity index (χ0n) is 17.9. The number of aryl methyl sites for hydroxylation is 1. The predicted molar refractivity (Wildman–Crippen MR) is 118 cm³/mol. The molecule has 0 aromatic heterocycles. The third-order valence-electron chi connectivity index (χ3n) is 4.82. The van der Waals surface area contributed by atoms with Crippen LogP contribution in [0.5, 0.6) is 5.75 Å². The van der Waals surface area contributed by atoms with Crippen molar-refractivity contribution in [3.05, 3.63) is 77.6 Å². The van der Waals surface area contributed by atoms with E-state index in [0.29, 0.717) is 36.5 Å². The van der Waals surface area contributed by atoms with E-state index in [4.69, 9.17) is 9.84 Å². The van der Waals surface area contributed by atoms with Crippen LogP contribution in [0, 0.1) is 12.7 Å². The quantitative estimate of drug-likeness (QED) is 0.500. The summed E-state index contributed by atoms with van der Waals surface area (Å²) in [6.45, 7) is 9.50. The maximum absolute atomic E-state index is 14.2. The topological polar surface area (TPSA) is 78.9 Å². The van der Waals surface area contributed by atoms with Gasteiger partial charge in [-0.25, -0.2) is 9.18 Å². The highest BCUT2D eigenvalue weighted by molar-refractivity contribution is 5.87. The molecule has 2 N–H and O–H groups in total. The highest BCUT2D eigenvalue weighted by atomic mass is 19.1. The fourth-order valence-corrected chi connectivity index (χ4v) is 3.11. The lowest BCUT2D eigenvalue weighted by molar-refractivity contribution is -0.116. The highest BCUT2D eigenvalue weighted by Gasteiger charge is 2.19. The number of nitrogens with one attached hydrogen (secondary N) is 1. The smallest absolute Gasteiger partial charge is 0.335 e. The monoisotopic (exact) mass is 428 g/mol. The summed E-state index contributed by atoms with van der Waals surface area (Å²) < 4.78 is 20.4. The van der Waals surface area contributed by atoms with Crippen LogP contribution in [0.3, 0.4) is 0 Å². The van der Waals surface area contributed by atoms with E-state index in [2.05, 4.69) is 23.7 Å². The lowest BCUT2D eigenvalue weighted by atomic mass is 10.1. The Morgan fingerprint density at radius 3 is 2.52 bits per heavy atom. The van der Waals surface area contributed by atoms with Crippen LogP contribution in [0.25, 0.3) is 0 Å². The predicted octanol–water partition coefficient (Wildman–Crippen LogP) is 3.97. The minimum Gasteiger partial charge on any atom is -0.484 e. The number of amides is 1. The average molecular weight is 429 g/mol. The molecule has 0 fully saturated rings. The first-order valence-electron chi connectivity index (χ1n) is 10.2. The molecule has 0 aliphatic heterocycles. The van der Waals surface area contributed by atoms with Crippen LogP contribution in [0.4, 0.5) is 4.39 Å². The summed E-state index contributed by atoms with van der Waals surface area (Å²) >= 11 is 0. The Kier molecular flexibility index (Phi) is 9.21. The van der Waals surface area contributed by atoms with E-state index in [1.54, 1.807) is 25.1 Å². The summed E-state index contributed by atoms with van der Waals surface area (Å²) in [5.41, 5.74) is 1.39. The van der Waals surface area contributed by atoms with Gasteiger partial charge in [0.25, 0.3) is 0 Å². The molecule has 31 heavy (non-hydrogen) atoms. The molecule has 7 heteroatoms. The Balaban J connectivity index is 2.22. The van der Waals surface area contributed by atoms with Gasteiger partial charge in [0.1, 0.15) is 17.7 Å². The molecule has 0 aliphatic carbocycles. The minimum atomic E-state index is -1.01. The molecule has 2 aromatic carbocycles. The second-order valence-electron chi connectivity index (χ2n) is 7.24. The van der Waals surface area contributed by atoms with E-state index in [9.17, 15) is 14.0 Å².